The highest BCUT2D eigenvalue weighted by molar-refractivity contribution is 5.84. The van der Waals surface area contributed by atoms with Crippen LogP contribution in [-0.4, -0.2) is 36.7 Å². The van der Waals surface area contributed by atoms with Crippen molar-refractivity contribution in [3.8, 4) is 17.4 Å². The van der Waals surface area contributed by atoms with Crippen LogP contribution >= 0.6 is 0 Å². The van der Waals surface area contributed by atoms with Gasteiger partial charge in [-0.1, -0.05) is 6.07 Å². The quantitative estimate of drug-likeness (QED) is 0.682. The molecule has 0 aliphatic carbocycles. The molecule has 0 unspecified atom stereocenters. The van der Waals surface area contributed by atoms with Crippen molar-refractivity contribution in [2.75, 3.05) is 20.8 Å². The Balaban J connectivity index is 1.61. The van der Waals surface area contributed by atoms with Gasteiger partial charge in [-0.15, -0.1) is 0 Å². The van der Waals surface area contributed by atoms with Crippen molar-refractivity contribution in [3.63, 3.8) is 0 Å². The first-order valence-electron chi connectivity index (χ1n) is 8.34. The number of methoxy groups -OCH3 is 2. The van der Waals surface area contributed by atoms with Gasteiger partial charge in [0.25, 0.3) is 5.91 Å². The van der Waals surface area contributed by atoms with E-state index in [0.29, 0.717) is 35.0 Å². The van der Waals surface area contributed by atoms with E-state index in [1.54, 1.807) is 20.3 Å². The molecule has 1 N–H and O–H groups in total. The molecule has 142 valence electrons. The van der Waals surface area contributed by atoms with E-state index in [9.17, 15) is 4.79 Å². The lowest BCUT2D eigenvalue weighted by Gasteiger charge is -2.11. The number of aromatic nitrogens is 2. The Kier molecular flexibility index (Phi) is 5.44. The van der Waals surface area contributed by atoms with Crippen LogP contribution in [0.5, 0.6) is 17.4 Å². The summed E-state index contributed by atoms with van der Waals surface area (Å²) in [4.78, 5) is 20.3. The maximum Gasteiger partial charge on any atom is 0.258 e. The predicted octanol–water partition coefficient (Wildman–Crippen LogP) is 2.55. The summed E-state index contributed by atoms with van der Waals surface area (Å²) in [5, 5.41) is 3.48. The molecule has 0 fully saturated rings. The zero-order valence-corrected chi connectivity index (χ0v) is 15.7. The Morgan fingerprint density at radius 1 is 1.15 bits per heavy atom. The van der Waals surface area contributed by atoms with Gasteiger partial charge in [-0.05, 0) is 31.5 Å². The lowest BCUT2D eigenvalue weighted by molar-refractivity contribution is -0.123. The van der Waals surface area contributed by atoms with Gasteiger partial charge in [-0.2, -0.15) is 0 Å². The summed E-state index contributed by atoms with van der Waals surface area (Å²) in [6.45, 7) is 3.92. The molecule has 2 aromatic heterocycles. The second-order valence-corrected chi connectivity index (χ2v) is 5.90. The van der Waals surface area contributed by atoms with Gasteiger partial charge in [0.15, 0.2) is 18.1 Å². The number of carbonyl (C=O) groups is 1. The van der Waals surface area contributed by atoms with Crippen molar-refractivity contribution >= 4 is 17.0 Å². The van der Waals surface area contributed by atoms with Crippen LogP contribution in [0.2, 0.25) is 0 Å². The minimum atomic E-state index is -0.269. The van der Waals surface area contributed by atoms with Gasteiger partial charge >= 0.3 is 0 Å². The van der Waals surface area contributed by atoms with E-state index in [-0.39, 0.29) is 12.5 Å². The van der Waals surface area contributed by atoms with Crippen LogP contribution in [0.3, 0.4) is 0 Å². The summed E-state index contributed by atoms with van der Waals surface area (Å²) in [7, 11) is 3.14. The molecule has 2 heterocycles. The number of amides is 1. The van der Waals surface area contributed by atoms with E-state index in [0.717, 1.165) is 16.9 Å². The molecule has 3 rings (SSSR count). The number of hydrogen-bond donors (Lipinski definition) is 1. The average Bonchev–Trinajstić information content (AvgIpc) is 2.98. The fourth-order valence-corrected chi connectivity index (χ4v) is 2.64. The standard InChI is InChI=1S/C19H21N3O5/c1-11-12(2)27-19-17(11)18(21-10-22-19)26-9-16(23)20-8-13-5-6-14(24-3)15(7-13)25-4/h5-7,10H,8-9H2,1-4H3,(H,20,23). The van der Waals surface area contributed by atoms with Crippen molar-refractivity contribution in [2.45, 2.75) is 20.4 Å². The lowest BCUT2D eigenvalue weighted by Crippen LogP contribution is -2.28. The van der Waals surface area contributed by atoms with Crippen LogP contribution in [0, 0.1) is 13.8 Å². The summed E-state index contributed by atoms with van der Waals surface area (Å²) >= 11 is 0. The van der Waals surface area contributed by atoms with Crippen molar-refractivity contribution in [3.05, 3.63) is 41.4 Å². The molecule has 0 atom stereocenters. The normalized spacial score (nSPS) is 10.7. The topological polar surface area (TPSA) is 95.7 Å². The number of fused-ring (bicyclic) bond motifs is 1. The Labute approximate surface area is 156 Å². The molecule has 8 heteroatoms. The molecular formula is C19H21N3O5. The number of aryl methyl sites for hydroxylation is 2. The molecule has 0 aliphatic heterocycles. The fraction of sp³-hybridized carbons (Fsp3) is 0.316. The summed E-state index contributed by atoms with van der Waals surface area (Å²) in [6, 6.07) is 5.46. The van der Waals surface area contributed by atoms with E-state index < -0.39 is 0 Å². The van der Waals surface area contributed by atoms with Crippen LogP contribution in [0.4, 0.5) is 0 Å². The molecule has 0 saturated heterocycles. The molecule has 3 aromatic rings. The maximum absolute atomic E-state index is 12.1. The van der Waals surface area contributed by atoms with E-state index in [4.69, 9.17) is 18.6 Å². The van der Waals surface area contributed by atoms with E-state index in [1.807, 2.05) is 26.0 Å². The van der Waals surface area contributed by atoms with E-state index >= 15 is 0 Å². The van der Waals surface area contributed by atoms with Crippen molar-refractivity contribution in [1.82, 2.24) is 15.3 Å². The van der Waals surface area contributed by atoms with Gasteiger partial charge in [-0.3, -0.25) is 4.79 Å². The molecule has 1 aromatic carbocycles. The smallest absolute Gasteiger partial charge is 0.258 e. The van der Waals surface area contributed by atoms with Gasteiger partial charge in [0.05, 0.1) is 14.2 Å². The second-order valence-electron chi connectivity index (χ2n) is 5.90. The van der Waals surface area contributed by atoms with Crippen molar-refractivity contribution in [2.24, 2.45) is 0 Å². The van der Waals surface area contributed by atoms with Crippen LogP contribution in [0.1, 0.15) is 16.9 Å². The van der Waals surface area contributed by atoms with Gasteiger partial charge in [0.2, 0.25) is 11.6 Å². The highest BCUT2D eigenvalue weighted by Crippen LogP contribution is 2.29. The third kappa shape index (κ3) is 3.94. The van der Waals surface area contributed by atoms with Crippen LogP contribution in [-0.2, 0) is 11.3 Å². The molecule has 0 radical (unpaired) electrons. The molecule has 8 nitrogen and oxygen atoms in total. The number of furan rings is 1. The maximum atomic E-state index is 12.1. The van der Waals surface area contributed by atoms with Crippen LogP contribution in [0.15, 0.2) is 28.9 Å². The van der Waals surface area contributed by atoms with Gasteiger partial charge < -0.3 is 23.9 Å². The van der Waals surface area contributed by atoms with Gasteiger partial charge in [-0.25, -0.2) is 9.97 Å². The zero-order chi connectivity index (χ0) is 19.4. The van der Waals surface area contributed by atoms with E-state index in [2.05, 4.69) is 15.3 Å². The Morgan fingerprint density at radius 3 is 2.67 bits per heavy atom. The third-order valence-electron chi connectivity index (χ3n) is 4.21. The molecular weight excluding hydrogens is 350 g/mol. The van der Waals surface area contributed by atoms with Crippen LogP contribution in [0.25, 0.3) is 11.1 Å². The van der Waals surface area contributed by atoms with Crippen molar-refractivity contribution in [1.29, 1.82) is 0 Å². The monoisotopic (exact) mass is 371 g/mol. The first-order chi connectivity index (χ1) is 13.0. The minimum Gasteiger partial charge on any atom is -0.493 e. The molecule has 27 heavy (non-hydrogen) atoms. The number of nitrogens with one attached hydrogen (secondary N) is 1. The molecule has 0 bridgehead atoms. The zero-order valence-electron chi connectivity index (χ0n) is 15.7. The van der Waals surface area contributed by atoms with Crippen molar-refractivity contribution < 1.29 is 23.4 Å². The second kappa shape index (κ2) is 7.94. The average molecular weight is 371 g/mol. The summed E-state index contributed by atoms with van der Waals surface area (Å²) in [5.74, 6) is 2.04. The molecule has 1 amide bonds. The molecule has 0 saturated carbocycles. The van der Waals surface area contributed by atoms with Crippen LogP contribution < -0.4 is 19.5 Å². The molecule has 0 spiro atoms. The summed E-state index contributed by atoms with van der Waals surface area (Å²) in [6.07, 6.45) is 1.35. The number of carbonyl (C=O) groups excluding carboxylic acids is 1. The summed E-state index contributed by atoms with van der Waals surface area (Å²) < 4.78 is 21.6. The minimum absolute atomic E-state index is 0.164. The first kappa shape index (κ1) is 18.5. The largest absolute Gasteiger partial charge is 0.493 e. The highest BCUT2D eigenvalue weighted by atomic mass is 16.5. The molecule has 0 aliphatic rings. The van der Waals surface area contributed by atoms with Gasteiger partial charge in [0.1, 0.15) is 17.5 Å². The Bertz CT molecular complexity index is 967. The number of benzene rings is 1. The number of ether oxygens (including phenoxy) is 3. The lowest BCUT2D eigenvalue weighted by atomic mass is 10.2. The third-order valence-corrected chi connectivity index (χ3v) is 4.21. The Hall–Kier alpha value is -3.29. The highest BCUT2D eigenvalue weighted by Gasteiger charge is 2.15. The van der Waals surface area contributed by atoms with E-state index in [1.165, 1.54) is 6.33 Å². The Morgan fingerprint density at radius 2 is 1.93 bits per heavy atom. The fourth-order valence-electron chi connectivity index (χ4n) is 2.64. The first-order valence-corrected chi connectivity index (χ1v) is 8.34. The number of nitrogens with zero attached hydrogens (tertiary/aromatic N) is 2. The predicted molar refractivity (Wildman–Crippen MR) is 98.2 cm³/mol. The SMILES string of the molecule is COc1ccc(CNC(=O)COc2ncnc3oc(C)c(C)c23)cc1OC. The van der Waals surface area contributed by atoms with Gasteiger partial charge in [0, 0.05) is 12.1 Å². The summed E-state index contributed by atoms with van der Waals surface area (Å²) in [5.41, 5.74) is 2.22. The number of hydrogen-bond acceptors (Lipinski definition) is 7. The number of rotatable bonds is 7.